The summed E-state index contributed by atoms with van der Waals surface area (Å²) in [5, 5.41) is 0. The molecule has 2 unspecified atom stereocenters. The second kappa shape index (κ2) is 3.03. The fraction of sp³-hybridized carbons (Fsp3) is 0.846. The Bertz CT molecular complexity index is 356. The van der Waals surface area contributed by atoms with E-state index in [1.807, 2.05) is 13.8 Å². The molecule has 0 aliphatic heterocycles. The molecule has 0 N–H and O–H groups in total. The maximum Gasteiger partial charge on any atom is 0.312 e. The summed E-state index contributed by atoms with van der Waals surface area (Å²) in [7, 11) is 0. The minimum absolute atomic E-state index is 0.0848. The Morgan fingerprint density at radius 3 is 1.65 bits per heavy atom. The molecule has 3 aliphatic rings. The number of ether oxygens (including phenoxy) is 2. The highest BCUT2D eigenvalue weighted by molar-refractivity contribution is 5.93. The maximum atomic E-state index is 12.0. The molecular formula is C13H18O4. The zero-order chi connectivity index (χ0) is 12.3. The monoisotopic (exact) mass is 238 g/mol. The summed E-state index contributed by atoms with van der Waals surface area (Å²) < 4.78 is 10.3. The van der Waals surface area contributed by atoms with Crippen molar-refractivity contribution >= 4 is 11.9 Å². The average Bonchev–Trinajstić information content (AvgIpc) is 3.14. The molecule has 0 radical (unpaired) electrons. The van der Waals surface area contributed by atoms with Crippen molar-refractivity contribution in [1.29, 1.82) is 0 Å². The summed E-state index contributed by atoms with van der Waals surface area (Å²) in [5.41, 5.74) is -0.760. The first-order chi connectivity index (χ1) is 8.08. The van der Waals surface area contributed by atoms with E-state index in [1.165, 1.54) is 0 Å². The van der Waals surface area contributed by atoms with Crippen molar-refractivity contribution in [2.24, 2.45) is 16.2 Å². The van der Waals surface area contributed by atoms with Crippen LogP contribution in [-0.2, 0) is 19.1 Å². The van der Waals surface area contributed by atoms with Crippen LogP contribution in [-0.4, -0.2) is 25.2 Å². The highest BCUT2D eigenvalue weighted by atomic mass is 16.5. The number of rotatable bonds is 4. The molecule has 0 heterocycles. The van der Waals surface area contributed by atoms with Crippen LogP contribution in [0.3, 0.4) is 0 Å². The van der Waals surface area contributed by atoms with E-state index in [-0.39, 0.29) is 28.2 Å². The van der Waals surface area contributed by atoms with E-state index in [0.29, 0.717) is 13.2 Å². The molecule has 3 fully saturated rings. The zero-order valence-corrected chi connectivity index (χ0v) is 10.4. The van der Waals surface area contributed by atoms with Crippen LogP contribution in [0.4, 0.5) is 0 Å². The van der Waals surface area contributed by atoms with Gasteiger partial charge in [-0.2, -0.15) is 0 Å². The molecule has 0 aromatic heterocycles. The van der Waals surface area contributed by atoms with Gasteiger partial charge in [-0.1, -0.05) is 0 Å². The third-order valence-corrected chi connectivity index (χ3v) is 5.10. The van der Waals surface area contributed by atoms with Crippen LogP contribution in [0.15, 0.2) is 0 Å². The topological polar surface area (TPSA) is 52.6 Å². The van der Waals surface area contributed by atoms with Crippen molar-refractivity contribution in [2.75, 3.05) is 13.2 Å². The molecular weight excluding hydrogens is 220 g/mol. The van der Waals surface area contributed by atoms with Crippen molar-refractivity contribution < 1.29 is 19.1 Å². The summed E-state index contributed by atoms with van der Waals surface area (Å²) in [6.45, 7) is 4.49. The summed E-state index contributed by atoms with van der Waals surface area (Å²) in [5.74, 6) is -0.188. The van der Waals surface area contributed by atoms with E-state index in [2.05, 4.69) is 0 Å². The number of carbonyl (C=O) groups is 2. The highest BCUT2D eigenvalue weighted by Gasteiger charge is 2.96. The predicted molar refractivity (Wildman–Crippen MR) is 59.0 cm³/mol. The molecule has 4 nitrogen and oxygen atoms in total. The van der Waals surface area contributed by atoms with Gasteiger partial charge in [-0.25, -0.2) is 0 Å². The summed E-state index contributed by atoms with van der Waals surface area (Å²) in [6, 6.07) is 0. The molecule has 3 saturated carbocycles. The Morgan fingerprint density at radius 2 is 1.35 bits per heavy atom. The first-order valence-electron chi connectivity index (χ1n) is 6.43. The number of carbonyl (C=O) groups excluding carboxylic acids is 2. The van der Waals surface area contributed by atoms with Crippen LogP contribution in [0.2, 0.25) is 0 Å². The van der Waals surface area contributed by atoms with Crippen molar-refractivity contribution in [1.82, 2.24) is 0 Å². The number of esters is 2. The quantitative estimate of drug-likeness (QED) is 0.699. The van der Waals surface area contributed by atoms with Gasteiger partial charge in [0, 0.05) is 5.41 Å². The molecule has 0 aromatic carbocycles. The summed E-state index contributed by atoms with van der Waals surface area (Å²) in [6.07, 6.45) is 3.25. The SMILES string of the molecule is CCOC(=O)C12CCC3(C(=O)OCC)CC13C2. The van der Waals surface area contributed by atoms with Gasteiger partial charge >= 0.3 is 11.9 Å². The van der Waals surface area contributed by atoms with Crippen LogP contribution in [0, 0.1) is 16.2 Å². The predicted octanol–water partition coefficient (Wildman–Crippen LogP) is 1.67. The number of hydrogen-bond acceptors (Lipinski definition) is 4. The van der Waals surface area contributed by atoms with Crippen LogP contribution in [0.25, 0.3) is 0 Å². The van der Waals surface area contributed by atoms with Gasteiger partial charge in [0.25, 0.3) is 0 Å². The van der Waals surface area contributed by atoms with E-state index in [1.54, 1.807) is 0 Å². The van der Waals surface area contributed by atoms with Crippen LogP contribution in [0.1, 0.15) is 39.5 Å². The first-order valence-corrected chi connectivity index (χ1v) is 6.43. The fourth-order valence-electron chi connectivity index (χ4n) is 4.16. The molecule has 1 spiro atoms. The Kier molecular flexibility index (Phi) is 1.97. The van der Waals surface area contributed by atoms with Gasteiger partial charge in [0.1, 0.15) is 0 Å². The van der Waals surface area contributed by atoms with Crippen molar-refractivity contribution in [2.45, 2.75) is 39.5 Å². The second-order valence-electron chi connectivity index (χ2n) is 5.54. The summed E-state index contributed by atoms with van der Waals surface area (Å²) >= 11 is 0. The Morgan fingerprint density at radius 1 is 0.941 bits per heavy atom. The smallest absolute Gasteiger partial charge is 0.312 e. The van der Waals surface area contributed by atoms with Crippen LogP contribution >= 0.6 is 0 Å². The van der Waals surface area contributed by atoms with E-state index < -0.39 is 0 Å². The van der Waals surface area contributed by atoms with Crippen molar-refractivity contribution in [3.05, 3.63) is 0 Å². The lowest BCUT2D eigenvalue weighted by Crippen LogP contribution is -2.20. The van der Waals surface area contributed by atoms with Crippen LogP contribution < -0.4 is 0 Å². The fourth-order valence-corrected chi connectivity index (χ4v) is 4.16. The molecule has 0 bridgehead atoms. The summed E-state index contributed by atoms with van der Waals surface area (Å²) in [4.78, 5) is 24.0. The Labute approximate surface area is 101 Å². The lowest BCUT2D eigenvalue weighted by Gasteiger charge is -2.12. The van der Waals surface area contributed by atoms with Crippen molar-refractivity contribution in [3.8, 4) is 0 Å². The van der Waals surface area contributed by atoms with E-state index >= 15 is 0 Å². The Balaban J connectivity index is 1.78. The van der Waals surface area contributed by atoms with Crippen molar-refractivity contribution in [3.63, 3.8) is 0 Å². The molecule has 3 rings (SSSR count). The van der Waals surface area contributed by atoms with Gasteiger partial charge in [0.2, 0.25) is 0 Å². The third-order valence-electron chi connectivity index (χ3n) is 5.10. The molecule has 0 aromatic rings. The zero-order valence-electron chi connectivity index (χ0n) is 10.4. The normalized spacial score (nSPS) is 44.6. The largest absolute Gasteiger partial charge is 0.466 e. The lowest BCUT2D eigenvalue weighted by molar-refractivity contribution is -0.150. The van der Waals surface area contributed by atoms with Gasteiger partial charge in [-0.05, 0) is 39.5 Å². The maximum absolute atomic E-state index is 12.0. The minimum Gasteiger partial charge on any atom is -0.466 e. The van der Waals surface area contributed by atoms with E-state index in [4.69, 9.17) is 9.47 Å². The van der Waals surface area contributed by atoms with Gasteiger partial charge in [0.05, 0.1) is 24.0 Å². The molecule has 2 atom stereocenters. The van der Waals surface area contributed by atoms with E-state index in [9.17, 15) is 9.59 Å². The van der Waals surface area contributed by atoms with Gasteiger partial charge in [-0.3, -0.25) is 9.59 Å². The van der Waals surface area contributed by atoms with E-state index in [0.717, 1.165) is 25.7 Å². The van der Waals surface area contributed by atoms with Gasteiger partial charge < -0.3 is 9.47 Å². The molecule has 4 heteroatoms. The molecule has 3 aliphatic carbocycles. The first kappa shape index (κ1) is 11.1. The Hall–Kier alpha value is -1.06. The average molecular weight is 238 g/mol. The highest BCUT2D eigenvalue weighted by Crippen LogP contribution is 2.95. The standard InChI is InChI=1S/C13H18O4/c1-3-16-9(14)11-5-6-12(10(15)17-4-2)8-13(11,12)7-11/h3-8H2,1-2H3. The van der Waals surface area contributed by atoms with Crippen LogP contribution in [0.5, 0.6) is 0 Å². The minimum atomic E-state index is -0.338. The molecule has 0 saturated heterocycles. The molecule has 0 amide bonds. The second-order valence-corrected chi connectivity index (χ2v) is 5.54. The molecule has 94 valence electrons. The number of hydrogen-bond donors (Lipinski definition) is 0. The molecule has 17 heavy (non-hydrogen) atoms. The third kappa shape index (κ3) is 1.00. The van der Waals surface area contributed by atoms with Gasteiger partial charge in [-0.15, -0.1) is 0 Å². The van der Waals surface area contributed by atoms with Gasteiger partial charge in [0.15, 0.2) is 0 Å². The lowest BCUT2D eigenvalue weighted by atomic mass is 9.98.